The second-order valence-electron chi connectivity index (χ2n) is 6.43. The van der Waals surface area contributed by atoms with Crippen molar-refractivity contribution in [2.24, 2.45) is 0 Å². The molecule has 6 nitrogen and oxygen atoms in total. The van der Waals surface area contributed by atoms with Gasteiger partial charge < -0.3 is 15.4 Å². The van der Waals surface area contributed by atoms with Crippen molar-refractivity contribution in [3.63, 3.8) is 0 Å². The van der Waals surface area contributed by atoms with Crippen LogP contribution in [-0.2, 0) is 14.3 Å². The van der Waals surface area contributed by atoms with Crippen molar-refractivity contribution in [3.05, 3.63) is 42.0 Å². The first-order valence-corrected chi connectivity index (χ1v) is 9.26. The fraction of sp³-hybridized carbons (Fsp3) is 0.500. The molecule has 142 valence electrons. The average molecular weight is 359 g/mol. The van der Waals surface area contributed by atoms with E-state index in [1.807, 2.05) is 30.3 Å². The van der Waals surface area contributed by atoms with Crippen molar-refractivity contribution in [2.75, 3.05) is 39.4 Å². The van der Waals surface area contributed by atoms with Crippen LogP contribution in [-0.4, -0.2) is 62.1 Å². The van der Waals surface area contributed by atoms with Crippen LogP contribution in [0.15, 0.2) is 36.4 Å². The second-order valence-corrected chi connectivity index (χ2v) is 6.43. The summed E-state index contributed by atoms with van der Waals surface area (Å²) >= 11 is 0. The molecule has 2 N–H and O–H groups in total. The van der Waals surface area contributed by atoms with Gasteiger partial charge in [-0.2, -0.15) is 0 Å². The zero-order chi connectivity index (χ0) is 18.6. The van der Waals surface area contributed by atoms with Gasteiger partial charge in [0.1, 0.15) is 6.04 Å². The monoisotopic (exact) mass is 359 g/mol. The van der Waals surface area contributed by atoms with E-state index in [1.54, 1.807) is 13.0 Å². The molecule has 0 aromatic heterocycles. The summed E-state index contributed by atoms with van der Waals surface area (Å²) in [4.78, 5) is 26.3. The fourth-order valence-electron chi connectivity index (χ4n) is 2.71. The molecule has 0 spiro atoms. The number of nitrogens with one attached hydrogen (secondary N) is 2. The SMILES string of the molecule is CC(NC(=O)/C=C/c1ccccc1)C(=O)NCCCCN1CCOCC1. The molecule has 2 rings (SSSR count). The molecule has 1 unspecified atom stereocenters. The predicted molar refractivity (Wildman–Crippen MR) is 103 cm³/mol. The number of amides is 2. The summed E-state index contributed by atoms with van der Waals surface area (Å²) in [7, 11) is 0. The van der Waals surface area contributed by atoms with Gasteiger partial charge in [0.2, 0.25) is 11.8 Å². The van der Waals surface area contributed by atoms with Gasteiger partial charge in [-0.25, -0.2) is 0 Å². The van der Waals surface area contributed by atoms with Crippen LogP contribution < -0.4 is 10.6 Å². The quantitative estimate of drug-likeness (QED) is 0.517. The number of unbranched alkanes of at least 4 members (excludes halogenated alkanes) is 1. The number of carbonyl (C=O) groups is 2. The zero-order valence-electron chi connectivity index (χ0n) is 15.4. The number of morpholine rings is 1. The van der Waals surface area contributed by atoms with Gasteiger partial charge in [-0.3, -0.25) is 14.5 Å². The number of carbonyl (C=O) groups excluding carboxylic acids is 2. The summed E-state index contributed by atoms with van der Waals surface area (Å²) in [6, 6.07) is 9.01. The Morgan fingerprint density at radius 1 is 1.19 bits per heavy atom. The summed E-state index contributed by atoms with van der Waals surface area (Å²) in [6.07, 6.45) is 5.14. The lowest BCUT2D eigenvalue weighted by Gasteiger charge is -2.26. The number of ether oxygens (including phenoxy) is 1. The Kier molecular flexibility index (Phi) is 8.86. The summed E-state index contributed by atoms with van der Waals surface area (Å²) in [5, 5.41) is 5.56. The molecule has 0 bridgehead atoms. The van der Waals surface area contributed by atoms with E-state index in [0.717, 1.165) is 51.3 Å². The van der Waals surface area contributed by atoms with Crippen LogP contribution in [0.3, 0.4) is 0 Å². The molecule has 26 heavy (non-hydrogen) atoms. The van der Waals surface area contributed by atoms with Gasteiger partial charge in [0.05, 0.1) is 13.2 Å². The topological polar surface area (TPSA) is 70.7 Å². The lowest BCUT2D eigenvalue weighted by atomic mass is 10.2. The largest absolute Gasteiger partial charge is 0.379 e. The fourth-order valence-corrected chi connectivity index (χ4v) is 2.71. The number of hydrogen-bond acceptors (Lipinski definition) is 4. The first kappa shape index (κ1) is 20.1. The molecular weight excluding hydrogens is 330 g/mol. The third-order valence-corrected chi connectivity index (χ3v) is 4.28. The summed E-state index contributed by atoms with van der Waals surface area (Å²) in [6.45, 7) is 6.97. The standard InChI is InChI=1S/C20H29N3O3/c1-17(22-19(24)10-9-18-7-3-2-4-8-18)20(25)21-11-5-6-12-23-13-15-26-16-14-23/h2-4,7-10,17H,5-6,11-16H2,1H3,(H,21,25)(H,22,24)/b10-9+. The maximum Gasteiger partial charge on any atom is 0.244 e. The van der Waals surface area contributed by atoms with Crippen LogP contribution in [0.25, 0.3) is 6.08 Å². The Balaban J connectivity index is 1.58. The first-order chi connectivity index (χ1) is 12.6. The molecule has 1 atom stereocenters. The molecular formula is C20H29N3O3. The van der Waals surface area contributed by atoms with Crippen molar-refractivity contribution < 1.29 is 14.3 Å². The number of benzene rings is 1. The minimum absolute atomic E-state index is 0.155. The highest BCUT2D eigenvalue weighted by Crippen LogP contribution is 2.01. The third-order valence-electron chi connectivity index (χ3n) is 4.28. The normalized spacial score (nSPS) is 16.3. The molecule has 1 heterocycles. The van der Waals surface area contributed by atoms with Gasteiger partial charge in [0.15, 0.2) is 0 Å². The summed E-state index contributed by atoms with van der Waals surface area (Å²) < 4.78 is 5.32. The van der Waals surface area contributed by atoms with Crippen LogP contribution in [0.1, 0.15) is 25.3 Å². The third kappa shape index (κ3) is 7.80. The van der Waals surface area contributed by atoms with Gasteiger partial charge in [-0.15, -0.1) is 0 Å². The van der Waals surface area contributed by atoms with E-state index >= 15 is 0 Å². The number of nitrogens with zero attached hydrogens (tertiary/aromatic N) is 1. The van der Waals surface area contributed by atoms with Crippen molar-refractivity contribution in [1.82, 2.24) is 15.5 Å². The first-order valence-electron chi connectivity index (χ1n) is 9.26. The van der Waals surface area contributed by atoms with Crippen molar-refractivity contribution in [1.29, 1.82) is 0 Å². The lowest BCUT2D eigenvalue weighted by Crippen LogP contribution is -2.44. The van der Waals surface area contributed by atoms with Crippen molar-refractivity contribution in [3.8, 4) is 0 Å². The number of rotatable bonds is 9. The maximum absolute atomic E-state index is 12.0. The molecule has 1 saturated heterocycles. The van der Waals surface area contributed by atoms with E-state index in [4.69, 9.17) is 4.74 Å². The Bertz CT molecular complexity index is 583. The highest BCUT2D eigenvalue weighted by atomic mass is 16.5. The molecule has 1 aliphatic rings. The zero-order valence-corrected chi connectivity index (χ0v) is 15.4. The highest BCUT2D eigenvalue weighted by molar-refractivity contribution is 5.95. The smallest absolute Gasteiger partial charge is 0.244 e. The average Bonchev–Trinajstić information content (AvgIpc) is 2.67. The van der Waals surface area contributed by atoms with E-state index in [1.165, 1.54) is 6.08 Å². The Morgan fingerprint density at radius 3 is 2.65 bits per heavy atom. The molecule has 1 aromatic rings. The van der Waals surface area contributed by atoms with Crippen LogP contribution >= 0.6 is 0 Å². The van der Waals surface area contributed by atoms with Gasteiger partial charge in [-0.1, -0.05) is 30.3 Å². The van der Waals surface area contributed by atoms with E-state index in [2.05, 4.69) is 15.5 Å². The van der Waals surface area contributed by atoms with E-state index in [9.17, 15) is 9.59 Å². The van der Waals surface area contributed by atoms with Crippen LogP contribution in [0.5, 0.6) is 0 Å². The minimum Gasteiger partial charge on any atom is -0.379 e. The second kappa shape index (κ2) is 11.4. The van der Waals surface area contributed by atoms with Gasteiger partial charge >= 0.3 is 0 Å². The van der Waals surface area contributed by atoms with E-state index in [0.29, 0.717) is 6.54 Å². The molecule has 2 amide bonds. The molecule has 1 fully saturated rings. The van der Waals surface area contributed by atoms with Crippen molar-refractivity contribution >= 4 is 17.9 Å². The lowest BCUT2D eigenvalue weighted by molar-refractivity contribution is -0.126. The molecule has 1 aliphatic heterocycles. The molecule has 0 saturated carbocycles. The van der Waals surface area contributed by atoms with Gasteiger partial charge in [0, 0.05) is 25.7 Å². The Morgan fingerprint density at radius 2 is 1.92 bits per heavy atom. The Hall–Kier alpha value is -2.18. The van der Waals surface area contributed by atoms with Crippen molar-refractivity contribution in [2.45, 2.75) is 25.8 Å². The molecule has 1 aromatic carbocycles. The van der Waals surface area contributed by atoms with E-state index < -0.39 is 6.04 Å². The van der Waals surface area contributed by atoms with Gasteiger partial charge in [-0.05, 0) is 37.9 Å². The molecule has 6 heteroatoms. The van der Waals surface area contributed by atoms with E-state index in [-0.39, 0.29) is 11.8 Å². The summed E-state index contributed by atoms with van der Waals surface area (Å²) in [5.74, 6) is -0.429. The maximum atomic E-state index is 12.0. The Labute approximate surface area is 155 Å². The van der Waals surface area contributed by atoms with Crippen LogP contribution in [0, 0.1) is 0 Å². The minimum atomic E-state index is -0.554. The van der Waals surface area contributed by atoms with Crippen LogP contribution in [0.2, 0.25) is 0 Å². The predicted octanol–water partition coefficient (Wildman–Crippen LogP) is 1.43. The van der Waals surface area contributed by atoms with Gasteiger partial charge in [0.25, 0.3) is 0 Å². The summed E-state index contributed by atoms with van der Waals surface area (Å²) in [5.41, 5.74) is 0.944. The molecule has 0 aliphatic carbocycles. The number of hydrogen-bond donors (Lipinski definition) is 2. The molecule has 0 radical (unpaired) electrons. The highest BCUT2D eigenvalue weighted by Gasteiger charge is 2.14. The van der Waals surface area contributed by atoms with Crippen LogP contribution in [0.4, 0.5) is 0 Å².